The molecule has 41 heavy (non-hydrogen) atoms. The predicted octanol–water partition coefficient (Wildman–Crippen LogP) is 12.2. The van der Waals surface area contributed by atoms with Crippen LogP contribution < -0.4 is 0 Å². The van der Waals surface area contributed by atoms with Crippen molar-refractivity contribution >= 4 is 0 Å². The van der Waals surface area contributed by atoms with Gasteiger partial charge in [-0.25, -0.2) is 9.67 Å². The average molecular weight is 556 g/mol. The van der Waals surface area contributed by atoms with E-state index in [1.807, 2.05) is 27.7 Å². The van der Waals surface area contributed by atoms with E-state index in [9.17, 15) is 0 Å². The third kappa shape index (κ3) is 9.69. The number of unbranched alkanes of at least 4 members (excludes halogenated alkanes) is 2. The van der Waals surface area contributed by atoms with Crippen molar-refractivity contribution in [2.45, 2.75) is 120 Å². The van der Waals surface area contributed by atoms with Gasteiger partial charge < -0.3 is 0 Å². The summed E-state index contributed by atoms with van der Waals surface area (Å²) in [4.78, 5) is 4.79. The topological polar surface area (TPSA) is 30.7 Å². The van der Waals surface area contributed by atoms with Crippen LogP contribution >= 0.6 is 0 Å². The Bertz CT molecular complexity index is 1220. The summed E-state index contributed by atoms with van der Waals surface area (Å²) in [6.07, 6.45) is 5.77. The smallest absolute Gasteiger partial charge is 0.163 e. The zero-order valence-corrected chi connectivity index (χ0v) is 28.1. The summed E-state index contributed by atoms with van der Waals surface area (Å²) in [5.41, 5.74) is 8.60. The van der Waals surface area contributed by atoms with E-state index < -0.39 is 0 Å². The Morgan fingerprint density at radius 3 is 1.61 bits per heavy atom. The van der Waals surface area contributed by atoms with E-state index in [0.29, 0.717) is 17.8 Å². The normalized spacial score (nSPS) is 10.4. The molecule has 3 nitrogen and oxygen atoms in total. The third-order valence-electron chi connectivity index (χ3n) is 6.83. The van der Waals surface area contributed by atoms with E-state index in [4.69, 9.17) is 10.1 Å². The number of hydrogen-bond donors (Lipinski definition) is 0. The maximum Gasteiger partial charge on any atom is 0.163 e. The predicted molar refractivity (Wildman–Crippen MR) is 182 cm³/mol. The van der Waals surface area contributed by atoms with Gasteiger partial charge in [0.05, 0.1) is 5.69 Å². The summed E-state index contributed by atoms with van der Waals surface area (Å²) < 4.78 is 2.07. The summed E-state index contributed by atoms with van der Waals surface area (Å²) in [7, 11) is 0. The van der Waals surface area contributed by atoms with Gasteiger partial charge in [0.15, 0.2) is 5.82 Å². The summed E-state index contributed by atoms with van der Waals surface area (Å²) >= 11 is 0. The third-order valence-corrected chi connectivity index (χ3v) is 6.83. The van der Waals surface area contributed by atoms with Gasteiger partial charge in [-0.15, -0.1) is 0 Å². The van der Waals surface area contributed by atoms with Crippen molar-refractivity contribution in [1.29, 1.82) is 0 Å². The van der Waals surface area contributed by atoms with Crippen molar-refractivity contribution < 1.29 is 0 Å². The molecule has 0 unspecified atom stereocenters. The molecule has 0 atom stereocenters. The first-order chi connectivity index (χ1) is 19.8. The number of nitrogens with zero attached hydrogens (tertiary/aromatic N) is 3. The zero-order valence-electron chi connectivity index (χ0n) is 28.1. The highest BCUT2D eigenvalue weighted by Gasteiger charge is 2.22. The molecule has 0 radical (unpaired) electrons. The minimum Gasteiger partial charge on any atom is -0.215 e. The van der Waals surface area contributed by atoms with Crippen LogP contribution in [0.15, 0.2) is 73.1 Å². The Labute approximate surface area is 252 Å². The van der Waals surface area contributed by atoms with E-state index in [1.165, 1.54) is 52.8 Å². The quantitative estimate of drug-likeness (QED) is 0.216. The lowest BCUT2D eigenvalue weighted by Crippen LogP contribution is -2.10. The molecule has 0 fully saturated rings. The largest absolute Gasteiger partial charge is 0.215 e. The molecule has 0 bridgehead atoms. The van der Waals surface area contributed by atoms with E-state index in [-0.39, 0.29) is 0 Å². The number of para-hydroxylation sites is 1. The summed E-state index contributed by atoms with van der Waals surface area (Å²) in [6, 6.07) is 23.9. The van der Waals surface area contributed by atoms with Gasteiger partial charge in [-0.1, -0.05) is 163 Å². The van der Waals surface area contributed by atoms with Crippen LogP contribution in [-0.4, -0.2) is 14.8 Å². The lowest BCUT2D eigenvalue weighted by Gasteiger charge is -2.21. The van der Waals surface area contributed by atoms with Crippen LogP contribution in [0.4, 0.5) is 0 Å². The Balaban J connectivity index is 0.000000831. The molecular formula is C38H57N3. The number of aromatic nitrogens is 3. The van der Waals surface area contributed by atoms with Crippen LogP contribution in [0, 0.1) is 0 Å². The van der Waals surface area contributed by atoms with Gasteiger partial charge >= 0.3 is 0 Å². The van der Waals surface area contributed by atoms with Crippen LogP contribution in [-0.2, 0) is 0 Å². The second kappa shape index (κ2) is 19.0. The van der Waals surface area contributed by atoms with Crippen LogP contribution in [0.2, 0.25) is 0 Å². The number of hydrogen-bond acceptors (Lipinski definition) is 2. The number of benzene rings is 3. The molecule has 1 aromatic heterocycles. The van der Waals surface area contributed by atoms with Crippen molar-refractivity contribution in [1.82, 2.24) is 14.8 Å². The van der Waals surface area contributed by atoms with E-state index in [2.05, 4.69) is 127 Å². The fraction of sp³-hybridized carbons (Fsp3) is 0.474. The van der Waals surface area contributed by atoms with E-state index in [1.54, 1.807) is 6.33 Å². The van der Waals surface area contributed by atoms with Crippen molar-refractivity contribution in [2.75, 3.05) is 0 Å². The summed E-state index contributed by atoms with van der Waals surface area (Å²) in [6.45, 7) is 25.9. The first-order valence-electron chi connectivity index (χ1n) is 16.0. The highest BCUT2D eigenvalue weighted by Crippen LogP contribution is 2.37. The van der Waals surface area contributed by atoms with Gasteiger partial charge in [0.2, 0.25) is 0 Å². The second-order valence-corrected chi connectivity index (χ2v) is 10.8. The average Bonchev–Trinajstić information content (AvgIpc) is 3.49. The lowest BCUT2D eigenvalue weighted by atomic mass is 9.91. The molecule has 0 N–H and O–H groups in total. The molecule has 0 aliphatic heterocycles. The second-order valence-electron chi connectivity index (χ2n) is 10.8. The Kier molecular flexibility index (Phi) is 16.6. The molecule has 0 amide bonds. The number of rotatable bonds is 8. The summed E-state index contributed by atoms with van der Waals surface area (Å²) in [5.74, 6) is 2.06. The molecular weight excluding hydrogens is 498 g/mol. The first-order valence-corrected chi connectivity index (χ1v) is 16.0. The van der Waals surface area contributed by atoms with Gasteiger partial charge in [-0.05, 0) is 51.6 Å². The van der Waals surface area contributed by atoms with Crippen molar-refractivity contribution in [3.63, 3.8) is 0 Å². The van der Waals surface area contributed by atoms with Crippen LogP contribution in [0.5, 0.6) is 0 Å². The summed E-state index contributed by atoms with van der Waals surface area (Å²) in [5, 5.41) is 4.76. The van der Waals surface area contributed by atoms with Gasteiger partial charge in [-0.3, -0.25) is 0 Å². The van der Waals surface area contributed by atoms with Gasteiger partial charge in [0.1, 0.15) is 6.33 Å². The fourth-order valence-corrected chi connectivity index (χ4v) is 4.76. The van der Waals surface area contributed by atoms with E-state index >= 15 is 0 Å². The van der Waals surface area contributed by atoms with Gasteiger partial charge in [0, 0.05) is 5.56 Å². The van der Waals surface area contributed by atoms with Crippen LogP contribution in [0.1, 0.15) is 137 Å². The molecule has 1 heterocycles. The molecule has 3 heteroatoms. The Morgan fingerprint density at radius 2 is 1.15 bits per heavy atom. The SMILES string of the molecule is CC.CC.CC(C)c1ccc(-c2ccccc2)cc1-c1ncnn1-c1c(C(C)C)cccc1C(C)C.CCCCC. The maximum atomic E-state index is 4.79. The van der Waals surface area contributed by atoms with Crippen molar-refractivity contribution in [3.8, 4) is 28.2 Å². The van der Waals surface area contributed by atoms with Gasteiger partial charge in [-0.2, -0.15) is 5.10 Å². The van der Waals surface area contributed by atoms with Crippen LogP contribution in [0.25, 0.3) is 28.2 Å². The lowest BCUT2D eigenvalue weighted by molar-refractivity contribution is 0.771. The van der Waals surface area contributed by atoms with Crippen LogP contribution in [0.3, 0.4) is 0 Å². The minimum absolute atomic E-state index is 0.380. The molecule has 3 aromatic carbocycles. The van der Waals surface area contributed by atoms with Gasteiger partial charge in [0.25, 0.3) is 0 Å². The highest BCUT2D eigenvalue weighted by atomic mass is 15.3. The zero-order chi connectivity index (χ0) is 30.9. The Hall–Kier alpha value is -3.20. The Morgan fingerprint density at radius 1 is 0.610 bits per heavy atom. The fourth-order valence-electron chi connectivity index (χ4n) is 4.76. The molecule has 4 rings (SSSR count). The highest BCUT2D eigenvalue weighted by molar-refractivity contribution is 5.74. The molecule has 224 valence electrons. The molecule has 0 saturated heterocycles. The first kappa shape index (κ1) is 35.8. The standard InChI is InChI=1S/C29H33N3.C5H12.2C2H6/c1-19(2)24-16-15-23(22-11-8-7-9-12-22)17-27(24)29-30-18-31-32(29)28-25(20(3)4)13-10-14-26(28)21(5)6;1-3-5-4-2;2*1-2/h7-21H,1-6H3;3-5H2,1-2H3;2*1-2H3. The van der Waals surface area contributed by atoms with Crippen molar-refractivity contribution in [2.24, 2.45) is 0 Å². The molecule has 0 spiro atoms. The minimum atomic E-state index is 0.380. The van der Waals surface area contributed by atoms with Crippen molar-refractivity contribution in [3.05, 3.63) is 89.7 Å². The monoisotopic (exact) mass is 555 g/mol. The molecule has 0 aliphatic rings. The molecule has 0 saturated carbocycles. The maximum absolute atomic E-state index is 4.79. The molecule has 0 aliphatic carbocycles. The molecule has 4 aromatic rings. The van der Waals surface area contributed by atoms with E-state index in [0.717, 1.165) is 11.4 Å².